The summed E-state index contributed by atoms with van der Waals surface area (Å²) in [5.41, 5.74) is -0.411. The van der Waals surface area contributed by atoms with Gasteiger partial charge in [-0.25, -0.2) is 0 Å². The fraction of sp³-hybridized carbons (Fsp3) is 0.500. The highest BCUT2D eigenvalue weighted by Gasteiger charge is 2.54. The summed E-state index contributed by atoms with van der Waals surface area (Å²) in [5.74, 6) is 1.79. The maximum Gasteiger partial charge on any atom is 0.256 e. The standard InChI is InChI=1S/C22H27N3O4/c1-4-12-23-19(26)18-15-29-22(10-13-24(14-11-22)20(27)16(2)3)25(18)21(28)17-8-6-5-7-9-17/h1,5-9,16,18H,10-15H2,2-3H3,(H,23,26). The first kappa shape index (κ1) is 20.9. The fourth-order valence-electron chi connectivity index (χ4n) is 3.98. The van der Waals surface area contributed by atoms with Crippen molar-refractivity contribution in [2.75, 3.05) is 26.2 Å². The third-order valence-corrected chi connectivity index (χ3v) is 5.52. The Labute approximate surface area is 171 Å². The largest absolute Gasteiger partial charge is 0.353 e. The van der Waals surface area contributed by atoms with Crippen molar-refractivity contribution < 1.29 is 19.1 Å². The molecular weight excluding hydrogens is 370 g/mol. The lowest BCUT2D eigenvalue weighted by Crippen LogP contribution is -2.60. The third-order valence-electron chi connectivity index (χ3n) is 5.52. The second-order valence-corrected chi connectivity index (χ2v) is 7.72. The molecule has 1 atom stereocenters. The van der Waals surface area contributed by atoms with E-state index in [0.29, 0.717) is 31.5 Å². The highest BCUT2D eigenvalue weighted by molar-refractivity contribution is 5.98. The van der Waals surface area contributed by atoms with Crippen LogP contribution in [0.1, 0.15) is 37.0 Å². The van der Waals surface area contributed by atoms with E-state index in [1.54, 1.807) is 34.1 Å². The monoisotopic (exact) mass is 397 g/mol. The molecule has 0 aliphatic carbocycles. The van der Waals surface area contributed by atoms with Crippen molar-refractivity contribution in [1.29, 1.82) is 0 Å². The van der Waals surface area contributed by atoms with E-state index in [1.165, 1.54) is 0 Å². The molecule has 1 unspecified atom stereocenters. The number of hydrogen-bond donors (Lipinski definition) is 1. The number of nitrogens with zero attached hydrogens (tertiary/aromatic N) is 2. The summed E-state index contributed by atoms with van der Waals surface area (Å²) in [4.78, 5) is 41.8. The molecule has 2 fully saturated rings. The van der Waals surface area contributed by atoms with E-state index in [9.17, 15) is 14.4 Å². The van der Waals surface area contributed by atoms with Crippen LogP contribution in [-0.4, -0.2) is 65.5 Å². The molecule has 0 radical (unpaired) electrons. The van der Waals surface area contributed by atoms with Crippen LogP contribution in [-0.2, 0) is 14.3 Å². The van der Waals surface area contributed by atoms with E-state index >= 15 is 0 Å². The summed E-state index contributed by atoms with van der Waals surface area (Å²) in [6.45, 7) is 4.90. The van der Waals surface area contributed by atoms with Crippen molar-refractivity contribution in [3.63, 3.8) is 0 Å². The van der Waals surface area contributed by atoms with Crippen molar-refractivity contribution in [3.05, 3.63) is 35.9 Å². The van der Waals surface area contributed by atoms with E-state index in [4.69, 9.17) is 11.2 Å². The van der Waals surface area contributed by atoms with Gasteiger partial charge in [0.1, 0.15) is 11.8 Å². The van der Waals surface area contributed by atoms with E-state index in [2.05, 4.69) is 11.2 Å². The van der Waals surface area contributed by atoms with Crippen LogP contribution in [0, 0.1) is 18.3 Å². The lowest BCUT2D eigenvalue weighted by atomic mass is 9.95. The van der Waals surface area contributed by atoms with Gasteiger partial charge in [0.05, 0.1) is 13.2 Å². The SMILES string of the molecule is C#CCNC(=O)C1COC2(CCN(C(=O)C(C)C)CC2)N1C(=O)c1ccccc1. The van der Waals surface area contributed by atoms with E-state index in [-0.39, 0.29) is 36.8 Å². The number of nitrogens with one attached hydrogen (secondary N) is 1. The number of likely N-dealkylation sites (tertiary alicyclic amines) is 1. The first-order valence-electron chi connectivity index (χ1n) is 9.92. The molecule has 3 rings (SSSR count). The summed E-state index contributed by atoms with van der Waals surface area (Å²) in [6, 6.07) is 8.09. The zero-order chi connectivity index (χ0) is 21.0. The summed E-state index contributed by atoms with van der Waals surface area (Å²) >= 11 is 0. The molecule has 7 nitrogen and oxygen atoms in total. The molecule has 2 heterocycles. The maximum absolute atomic E-state index is 13.4. The molecule has 2 saturated heterocycles. The van der Waals surface area contributed by atoms with Crippen LogP contribution in [0.15, 0.2) is 30.3 Å². The Balaban J connectivity index is 1.86. The predicted molar refractivity (Wildman–Crippen MR) is 108 cm³/mol. The molecule has 1 aromatic carbocycles. The number of hydrogen-bond acceptors (Lipinski definition) is 4. The van der Waals surface area contributed by atoms with Gasteiger partial charge in [-0.3, -0.25) is 19.3 Å². The number of carbonyl (C=O) groups is 3. The van der Waals surface area contributed by atoms with Crippen molar-refractivity contribution in [2.24, 2.45) is 5.92 Å². The normalized spacial score (nSPS) is 20.6. The Morgan fingerprint density at radius 1 is 1.24 bits per heavy atom. The van der Waals surface area contributed by atoms with Crippen LogP contribution in [0.4, 0.5) is 0 Å². The Kier molecular flexibility index (Phi) is 6.23. The highest BCUT2D eigenvalue weighted by atomic mass is 16.5. The van der Waals surface area contributed by atoms with E-state index < -0.39 is 11.8 Å². The number of terminal acetylenes is 1. The quantitative estimate of drug-likeness (QED) is 0.776. The number of benzene rings is 1. The lowest BCUT2D eigenvalue weighted by Gasteiger charge is -2.44. The van der Waals surface area contributed by atoms with Gasteiger partial charge in [0.2, 0.25) is 11.8 Å². The Hall–Kier alpha value is -2.85. The molecule has 1 spiro atoms. The zero-order valence-corrected chi connectivity index (χ0v) is 16.9. The van der Waals surface area contributed by atoms with Crippen LogP contribution < -0.4 is 5.32 Å². The minimum Gasteiger partial charge on any atom is -0.353 e. The van der Waals surface area contributed by atoms with Gasteiger partial charge in [0.25, 0.3) is 5.91 Å². The van der Waals surface area contributed by atoms with Crippen LogP contribution in [0.2, 0.25) is 0 Å². The van der Waals surface area contributed by atoms with Crippen molar-refractivity contribution >= 4 is 17.7 Å². The van der Waals surface area contributed by atoms with Gasteiger partial charge in [0.15, 0.2) is 0 Å². The minimum absolute atomic E-state index is 0.0853. The van der Waals surface area contributed by atoms with E-state index in [0.717, 1.165) is 0 Å². The maximum atomic E-state index is 13.4. The fourth-order valence-corrected chi connectivity index (χ4v) is 3.98. The van der Waals surface area contributed by atoms with Gasteiger partial charge < -0.3 is 15.0 Å². The van der Waals surface area contributed by atoms with Crippen LogP contribution in [0.25, 0.3) is 0 Å². The van der Waals surface area contributed by atoms with Crippen LogP contribution in [0.5, 0.6) is 0 Å². The average Bonchev–Trinajstić information content (AvgIpc) is 3.10. The highest BCUT2D eigenvalue weighted by Crippen LogP contribution is 2.38. The average molecular weight is 397 g/mol. The predicted octanol–water partition coefficient (Wildman–Crippen LogP) is 1.25. The van der Waals surface area contributed by atoms with Gasteiger partial charge in [0, 0.05) is 37.4 Å². The second kappa shape index (κ2) is 8.66. The number of rotatable bonds is 4. The minimum atomic E-state index is -0.904. The number of amides is 3. The zero-order valence-electron chi connectivity index (χ0n) is 16.9. The summed E-state index contributed by atoms with van der Waals surface area (Å²) in [5, 5.41) is 2.66. The van der Waals surface area contributed by atoms with Crippen LogP contribution >= 0.6 is 0 Å². The van der Waals surface area contributed by atoms with E-state index in [1.807, 2.05) is 19.9 Å². The molecule has 0 bridgehead atoms. The molecule has 1 N–H and O–H groups in total. The number of ether oxygens (including phenoxy) is 1. The molecule has 154 valence electrons. The van der Waals surface area contributed by atoms with Gasteiger partial charge in [-0.1, -0.05) is 38.0 Å². The number of piperidine rings is 1. The molecule has 0 aromatic heterocycles. The second-order valence-electron chi connectivity index (χ2n) is 7.72. The smallest absolute Gasteiger partial charge is 0.256 e. The van der Waals surface area contributed by atoms with Gasteiger partial charge >= 0.3 is 0 Å². The molecule has 29 heavy (non-hydrogen) atoms. The molecule has 7 heteroatoms. The van der Waals surface area contributed by atoms with Crippen molar-refractivity contribution in [2.45, 2.75) is 38.5 Å². The molecule has 3 amide bonds. The topological polar surface area (TPSA) is 79.0 Å². The summed E-state index contributed by atoms with van der Waals surface area (Å²) in [7, 11) is 0. The molecule has 0 saturated carbocycles. The molecular formula is C22H27N3O4. The molecule has 2 aliphatic heterocycles. The van der Waals surface area contributed by atoms with Gasteiger partial charge in [-0.15, -0.1) is 6.42 Å². The first-order chi connectivity index (χ1) is 13.9. The summed E-state index contributed by atoms with van der Waals surface area (Å²) < 4.78 is 6.09. The molecule has 2 aliphatic rings. The van der Waals surface area contributed by atoms with Crippen LogP contribution in [0.3, 0.4) is 0 Å². The summed E-state index contributed by atoms with van der Waals surface area (Å²) in [6.07, 6.45) is 6.17. The Bertz CT molecular complexity index is 807. The Morgan fingerprint density at radius 3 is 2.48 bits per heavy atom. The first-order valence-corrected chi connectivity index (χ1v) is 9.92. The Morgan fingerprint density at radius 2 is 1.90 bits per heavy atom. The lowest BCUT2D eigenvalue weighted by molar-refractivity contribution is -0.146. The van der Waals surface area contributed by atoms with Crippen molar-refractivity contribution in [3.8, 4) is 12.3 Å². The van der Waals surface area contributed by atoms with Gasteiger partial charge in [-0.2, -0.15) is 0 Å². The van der Waals surface area contributed by atoms with Gasteiger partial charge in [-0.05, 0) is 12.1 Å². The number of carbonyl (C=O) groups excluding carboxylic acids is 3. The third kappa shape index (κ3) is 4.13. The molecule has 1 aromatic rings. The van der Waals surface area contributed by atoms with Crippen molar-refractivity contribution in [1.82, 2.24) is 15.1 Å².